The van der Waals surface area contributed by atoms with E-state index in [1.807, 2.05) is 0 Å². The van der Waals surface area contributed by atoms with Crippen molar-refractivity contribution in [2.24, 2.45) is 0 Å². The summed E-state index contributed by atoms with van der Waals surface area (Å²) in [5.41, 5.74) is 0.932. The standard InChI is InChI=1S/C25H29N3O8/c1-5-6-11-34-18-9-7-16(8-10-18)24(30)26-14-22(29)35-15-21-27-28-25(36-21)17-12-19(31-2)23(33-4)20(13-17)32-3/h7-10,12-13H,5-6,11,14-15H2,1-4H3,(H,26,30). The zero-order valence-corrected chi connectivity index (χ0v) is 20.7. The third kappa shape index (κ3) is 6.87. The average Bonchev–Trinajstić information content (AvgIpc) is 3.39. The minimum Gasteiger partial charge on any atom is -0.494 e. The third-order valence-corrected chi connectivity index (χ3v) is 5.01. The van der Waals surface area contributed by atoms with Gasteiger partial charge in [-0.1, -0.05) is 13.3 Å². The van der Waals surface area contributed by atoms with Crippen LogP contribution in [-0.2, 0) is 16.1 Å². The smallest absolute Gasteiger partial charge is 0.325 e. The Balaban J connectivity index is 1.50. The van der Waals surface area contributed by atoms with Crippen LogP contribution in [0.4, 0.5) is 0 Å². The number of esters is 1. The first-order valence-corrected chi connectivity index (χ1v) is 11.3. The van der Waals surface area contributed by atoms with Crippen molar-refractivity contribution in [2.75, 3.05) is 34.5 Å². The van der Waals surface area contributed by atoms with Gasteiger partial charge in [0.05, 0.1) is 27.9 Å². The second kappa shape index (κ2) is 13.0. The Hall–Kier alpha value is -4.28. The highest BCUT2D eigenvalue weighted by Crippen LogP contribution is 2.40. The van der Waals surface area contributed by atoms with E-state index in [0.29, 0.717) is 40.7 Å². The van der Waals surface area contributed by atoms with Gasteiger partial charge in [0.25, 0.3) is 11.8 Å². The molecule has 11 nitrogen and oxygen atoms in total. The average molecular weight is 500 g/mol. The summed E-state index contributed by atoms with van der Waals surface area (Å²) >= 11 is 0. The number of carbonyl (C=O) groups is 2. The zero-order chi connectivity index (χ0) is 25.9. The van der Waals surface area contributed by atoms with Gasteiger partial charge in [-0.25, -0.2) is 0 Å². The maximum absolute atomic E-state index is 12.3. The summed E-state index contributed by atoms with van der Waals surface area (Å²) in [4.78, 5) is 24.3. The molecule has 0 aliphatic heterocycles. The Bertz CT molecular complexity index is 1140. The first kappa shape index (κ1) is 26.3. The van der Waals surface area contributed by atoms with Crippen molar-refractivity contribution in [3.8, 4) is 34.5 Å². The van der Waals surface area contributed by atoms with Gasteiger partial charge in [0.15, 0.2) is 18.1 Å². The highest BCUT2D eigenvalue weighted by molar-refractivity contribution is 5.96. The number of hydrogen-bond acceptors (Lipinski definition) is 10. The lowest BCUT2D eigenvalue weighted by Crippen LogP contribution is -2.30. The van der Waals surface area contributed by atoms with Crippen LogP contribution < -0.4 is 24.3 Å². The van der Waals surface area contributed by atoms with Gasteiger partial charge in [-0.15, -0.1) is 10.2 Å². The Labute approximate surface area is 208 Å². The van der Waals surface area contributed by atoms with Gasteiger partial charge in [0.1, 0.15) is 12.3 Å². The van der Waals surface area contributed by atoms with E-state index >= 15 is 0 Å². The minimum absolute atomic E-state index is 0.0806. The van der Waals surface area contributed by atoms with E-state index in [4.69, 9.17) is 28.1 Å². The van der Waals surface area contributed by atoms with Gasteiger partial charge in [0, 0.05) is 11.1 Å². The number of unbranched alkanes of at least 4 members (excludes halogenated alkanes) is 1. The number of nitrogens with zero attached hydrogens (tertiary/aromatic N) is 2. The molecule has 1 aromatic heterocycles. The molecule has 3 aromatic rings. The molecule has 0 radical (unpaired) electrons. The van der Waals surface area contributed by atoms with E-state index in [2.05, 4.69) is 22.4 Å². The first-order valence-electron chi connectivity index (χ1n) is 11.3. The van der Waals surface area contributed by atoms with Crippen LogP contribution in [-0.4, -0.2) is 56.6 Å². The second-order valence-electron chi connectivity index (χ2n) is 7.48. The maximum Gasteiger partial charge on any atom is 0.325 e. The summed E-state index contributed by atoms with van der Waals surface area (Å²) in [5.74, 6) is 1.15. The maximum atomic E-state index is 12.3. The fourth-order valence-corrected chi connectivity index (χ4v) is 3.12. The molecule has 192 valence electrons. The van der Waals surface area contributed by atoms with Crippen molar-refractivity contribution in [1.82, 2.24) is 15.5 Å². The fourth-order valence-electron chi connectivity index (χ4n) is 3.12. The van der Waals surface area contributed by atoms with Crippen molar-refractivity contribution in [3.63, 3.8) is 0 Å². The summed E-state index contributed by atoms with van der Waals surface area (Å²) in [7, 11) is 4.50. The van der Waals surface area contributed by atoms with Gasteiger partial charge in [-0.2, -0.15) is 0 Å². The molecule has 1 amide bonds. The topological polar surface area (TPSA) is 131 Å². The summed E-state index contributed by atoms with van der Waals surface area (Å²) < 4.78 is 32.2. The van der Waals surface area contributed by atoms with Crippen LogP contribution >= 0.6 is 0 Å². The number of benzene rings is 2. The lowest BCUT2D eigenvalue weighted by atomic mass is 10.2. The highest BCUT2D eigenvalue weighted by atomic mass is 16.5. The SMILES string of the molecule is CCCCOc1ccc(C(=O)NCC(=O)OCc2nnc(-c3cc(OC)c(OC)c(OC)c3)o2)cc1. The van der Waals surface area contributed by atoms with Crippen LogP contribution in [0.5, 0.6) is 23.0 Å². The number of methoxy groups -OCH3 is 3. The second-order valence-corrected chi connectivity index (χ2v) is 7.48. The molecular formula is C25H29N3O8. The number of carbonyl (C=O) groups excluding carboxylic acids is 2. The van der Waals surface area contributed by atoms with E-state index in [-0.39, 0.29) is 24.9 Å². The third-order valence-electron chi connectivity index (χ3n) is 5.01. The summed E-state index contributed by atoms with van der Waals surface area (Å²) in [6, 6.07) is 10.00. The molecule has 1 heterocycles. The molecule has 0 aliphatic carbocycles. The van der Waals surface area contributed by atoms with Crippen molar-refractivity contribution < 1.29 is 37.7 Å². The van der Waals surface area contributed by atoms with Crippen molar-refractivity contribution in [2.45, 2.75) is 26.4 Å². The van der Waals surface area contributed by atoms with E-state index < -0.39 is 11.9 Å². The molecule has 0 unspecified atom stereocenters. The van der Waals surface area contributed by atoms with Gasteiger partial charge in [-0.05, 0) is 42.8 Å². The zero-order valence-electron chi connectivity index (χ0n) is 20.7. The largest absolute Gasteiger partial charge is 0.494 e. The van der Waals surface area contributed by atoms with Gasteiger partial charge in [0.2, 0.25) is 11.6 Å². The molecule has 3 rings (SSSR count). The Morgan fingerprint density at radius 3 is 2.28 bits per heavy atom. The van der Waals surface area contributed by atoms with E-state index in [1.54, 1.807) is 36.4 Å². The molecule has 0 saturated heterocycles. The molecule has 2 aromatic carbocycles. The molecule has 0 atom stereocenters. The molecule has 0 fully saturated rings. The van der Waals surface area contributed by atoms with Gasteiger partial charge >= 0.3 is 5.97 Å². The fraction of sp³-hybridized carbons (Fsp3) is 0.360. The molecule has 36 heavy (non-hydrogen) atoms. The van der Waals surface area contributed by atoms with Crippen molar-refractivity contribution in [3.05, 3.63) is 47.9 Å². The van der Waals surface area contributed by atoms with E-state index in [0.717, 1.165) is 12.8 Å². The Morgan fingerprint density at radius 1 is 0.972 bits per heavy atom. The number of hydrogen-bond donors (Lipinski definition) is 1. The van der Waals surface area contributed by atoms with E-state index in [1.165, 1.54) is 21.3 Å². The lowest BCUT2D eigenvalue weighted by molar-refractivity contribution is -0.144. The summed E-state index contributed by atoms with van der Waals surface area (Å²) in [6.45, 7) is 2.13. The molecule has 0 spiro atoms. The predicted octanol–water partition coefficient (Wildman–Crippen LogP) is 3.41. The molecule has 11 heteroatoms. The quantitative estimate of drug-likeness (QED) is 0.276. The summed E-state index contributed by atoms with van der Waals surface area (Å²) in [5, 5.41) is 10.4. The molecule has 0 bridgehead atoms. The highest BCUT2D eigenvalue weighted by Gasteiger charge is 2.18. The van der Waals surface area contributed by atoms with Crippen LogP contribution in [0, 0.1) is 0 Å². The van der Waals surface area contributed by atoms with Crippen LogP contribution in [0.1, 0.15) is 36.0 Å². The summed E-state index contributed by atoms with van der Waals surface area (Å²) in [6.07, 6.45) is 2.00. The van der Waals surface area contributed by atoms with Crippen LogP contribution in [0.2, 0.25) is 0 Å². The van der Waals surface area contributed by atoms with Crippen LogP contribution in [0.25, 0.3) is 11.5 Å². The monoisotopic (exact) mass is 499 g/mol. The normalized spacial score (nSPS) is 10.4. The first-order chi connectivity index (χ1) is 17.5. The predicted molar refractivity (Wildman–Crippen MR) is 128 cm³/mol. The molecule has 0 aliphatic rings. The minimum atomic E-state index is -0.657. The van der Waals surface area contributed by atoms with Gasteiger partial charge < -0.3 is 33.4 Å². The molecular weight excluding hydrogens is 470 g/mol. The molecule has 1 N–H and O–H groups in total. The Kier molecular flexibility index (Phi) is 9.49. The van der Waals surface area contributed by atoms with Crippen LogP contribution in [0.15, 0.2) is 40.8 Å². The van der Waals surface area contributed by atoms with Crippen molar-refractivity contribution >= 4 is 11.9 Å². The Morgan fingerprint density at radius 2 is 1.67 bits per heavy atom. The van der Waals surface area contributed by atoms with E-state index in [9.17, 15) is 9.59 Å². The number of ether oxygens (including phenoxy) is 5. The number of rotatable bonds is 13. The van der Waals surface area contributed by atoms with Gasteiger partial charge in [-0.3, -0.25) is 9.59 Å². The number of aromatic nitrogens is 2. The lowest BCUT2D eigenvalue weighted by Gasteiger charge is -2.12. The number of nitrogens with one attached hydrogen (secondary N) is 1. The molecule has 0 saturated carbocycles. The number of amides is 1. The van der Waals surface area contributed by atoms with Crippen molar-refractivity contribution in [1.29, 1.82) is 0 Å². The van der Waals surface area contributed by atoms with Crippen LogP contribution in [0.3, 0.4) is 0 Å².